The molecule has 0 aromatic heterocycles. The summed E-state index contributed by atoms with van der Waals surface area (Å²) >= 11 is 0. The monoisotopic (exact) mass is 238 g/mol. The summed E-state index contributed by atoms with van der Waals surface area (Å²) in [6.45, 7) is 10.7. The lowest BCUT2D eigenvalue weighted by atomic mass is 9.89. The third-order valence-electron chi connectivity index (χ3n) is 3.59. The molecule has 1 N–H and O–H groups in total. The van der Waals surface area contributed by atoms with E-state index in [4.69, 9.17) is 0 Å². The molecule has 0 radical (unpaired) electrons. The predicted octanol–water partition coefficient (Wildman–Crippen LogP) is 3.05. The van der Waals surface area contributed by atoms with Crippen molar-refractivity contribution < 1.29 is 0 Å². The molecule has 0 aromatic rings. The van der Waals surface area contributed by atoms with Gasteiger partial charge in [-0.25, -0.2) is 0 Å². The van der Waals surface area contributed by atoms with Gasteiger partial charge in [0.1, 0.15) is 0 Å². The van der Waals surface area contributed by atoms with Crippen molar-refractivity contribution in [1.82, 2.24) is 10.2 Å². The van der Waals surface area contributed by atoms with Crippen LogP contribution in [0, 0.1) is 5.92 Å². The lowest BCUT2D eigenvalue weighted by Gasteiger charge is -2.27. The van der Waals surface area contributed by atoms with Crippen molar-refractivity contribution in [3.8, 4) is 0 Å². The molecular weight excluding hydrogens is 208 g/mol. The second-order valence-electron chi connectivity index (χ2n) is 5.63. The van der Waals surface area contributed by atoms with Gasteiger partial charge < -0.3 is 10.2 Å². The molecule has 1 aliphatic rings. The summed E-state index contributed by atoms with van der Waals surface area (Å²) in [7, 11) is 2.24. The first-order valence-electron chi connectivity index (χ1n) is 7.28. The third-order valence-corrected chi connectivity index (χ3v) is 3.59. The summed E-state index contributed by atoms with van der Waals surface area (Å²) in [5.74, 6) is 0.935. The van der Waals surface area contributed by atoms with Gasteiger partial charge in [-0.3, -0.25) is 0 Å². The Bertz CT molecular complexity index is 207. The first-order valence-corrected chi connectivity index (χ1v) is 7.28. The number of hydrogen-bond donors (Lipinski definition) is 1. The molecule has 0 aromatic carbocycles. The average molecular weight is 238 g/mol. The predicted molar refractivity (Wildman–Crippen MR) is 76.4 cm³/mol. The van der Waals surface area contributed by atoms with Crippen molar-refractivity contribution in [1.29, 1.82) is 0 Å². The van der Waals surface area contributed by atoms with Crippen LogP contribution in [-0.4, -0.2) is 38.1 Å². The molecule has 1 aliphatic carbocycles. The molecule has 1 fully saturated rings. The zero-order chi connectivity index (χ0) is 12.5. The summed E-state index contributed by atoms with van der Waals surface area (Å²) in [6, 6.07) is 0. The Labute approximate surface area is 107 Å². The Morgan fingerprint density at radius 1 is 1.29 bits per heavy atom. The lowest BCUT2D eigenvalue weighted by molar-refractivity contribution is 0.245. The number of hydrogen-bond acceptors (Lipinski definition) is 2. The van der Waals surface area contributed by atoms with Gasteiger partial charge in [0.05, 0.1) is 0 Å². The maximum absolute atomic E-state index is 4.16. The van der Waals surface area contributed by atoms with Crippen LogP contribution in [-0.2, 0) is 0 Å². The summed E-state index contributed by atoms with van der Waals surface area (Å²) in [4.78, 5) is 2.45. The lowest BCUT2D eigenvalue weighted by Crippen LogP contribution is -2.31. The maximum atomic E-state index is 4.16. The molecule has 0 unspecified atom stereocenters. The van der Waals surface area contributed by atoms with Crippen molar-refractivity contribution in [3.05, 3.63) is 12.2 Å². The van der Waals surface area contributed by atoms with Gasteiger partial charge in [0, 0.05) is 19.6 Å². The summed E-state index contributed by atoms with van der Waals surface area (Å²) in [6.07, 6.45) is 8.41. The van der Waals surface area contributed by atoms with E-state index in [-0.39, 0.29) is 0 Å². The van der Waals surface area contributed by atoms with Crippen LogP contribution in [0.3, 0.4) is 0 Å². The largest absolute Gasteiger partial charge is 0.313 e. The Morgan fingerprint density at radius 2 is 2.00 bits per heavy atom. The van der Waals surface area contributed by atoms with Gasteiger partial charge in [-0.2, -0.15) is 0 Å². The second kappa shape index (κ2) is 8.71. The molecule has 0 amide bonds. The number of likely N-dealkylation sites (N-methyl/N-ethyl adjacent to an activating group) is 1. The summed E-state index contributed by atoms with van der Waals surface area (Å²) < 4.78 is 0. The van der Waals surface area contributed by atoms with Crippen LogP contribution in [0.1, 0.15) is 45.4 Å². The van der Waals surface area contributed by atoms with Gasteiger partial charge >= 0.3 is 0 Å². The van der Waals surface area contributed by atoms with Gasteiger partial charge in [0.2, 0.25) is 0 Å². The van der Waals surface area contributed by atoms with Crippen molar-refractivity contribution in [3.63, 3.8) is 0 Å². The van der Waals surface area contributed by atoms with Crippen LogP contribution in [0.5, 0.6) is 0 Å². The SMILES string of the molecule is C=C(CNCCC)CN(C)CC1CCCCC1. The van der Waals surface area contributed by atoms with Gasteiger partial charge in [-0.05, 0) is 44.3 Å². The highest BCUT2D eigenvalue weighted by molar-refractivity contribution is 4.99. The minimum atomic E-state index is 0.935. The Hall–Kier alpha value is -0.340. The normalized spacial score (nSPS) is 17.6. The van der Waals surface area contributed by atoms with E-state index < -0.39 is 0 Å². The highest BCUT2D eigenvalue weighted by Crippen LogP contribution is 2.24. The molecule has 1 saturated carbocycles. The van der Waals surface area contributed by atoms with Gasteiger partial charge in [0.15, 0.2) is 0 Å². The molecule has 0 spiro atoms. The molecule has 0 saturated heterocycles. The molecular formula is C15H30N2. The highest BCUT2D eigenvalue weighted by Gasteiger charge is 2.15. The molecule has 0 atom stereocenters. The molecule has 100 valence electrons. The first-order chi connectivity index (χ1) is 8.22. The van der Waals surface area contributed by atoms with E-state index in [1.807, 2.05) is 0 Å². The number of rotatable bonds is 8. The van der Waals surface area contributed by atoms with Crippen LogP contribution in [0.4, 0.5) is 0 Å². The molecule has 2 nitrogen and oxygen atoms in total. The Morgan fingerprint density at radius 3 is 2.65 bits per heavy atom. The topological polar surface area (TPSA) is 15.3 Å². The molecule has 1 rings (SSSR count). The van der Waals surface area contributed by atoms with Crippen LogP contribution >= 0.6 is 0 Å². The van der Waals surface area contributed by atoms with E-state index >= 15 is 0 Å². The third kappa shape index (κ3) is 6.85. The van der Waals surface area contributed by atoms with E-state index in [0.29, 0.717) is 0 Å². The summed E-state index contributed by atoms with van der Waals surface area (Å²) in [5, 5.41) is 3.42. The zero-order valence-corrected chi connectivity index (χ0v) is 11.8. The Kier molecular flexibility index (Phi) is 7.54. The van der Waals surface area contributed by atoms with E-state index in [1.165, 1.54) is 50.6 Å². The highest BCUT2D eigenvalue weighted by atomic mass is 15.1. The molecule has 17 heavy (non-hydrogen) atoms. The van der Waals surface area contributed by atoms with Gasteiger partial charge in [-0.15, -0.1) is 0 Å². The second-order valence-corrected chi connectivity index (χ2v) is 5.63. The zero-order valence-electron chi connectivity index (χ0n) is 11.8. The van der Waals surface area contributed by atoms with Crippen molar-refractivity contribution >= 4 is 0 Å². The fraction of sp³-hybridized carbons (Fsp3) is 0.867. The molecule has 0 bridgehead atoms. The van der Waals surface area contributed by atoms with E-state index in [2.05, 4.69) is 30.8 Å². The molecule has 2 heteroatoms. The van der Waals surface area contributed by atoms with Crippen LogP contribution < -0.4 is 5.32 Å². The minimum absolute atomic E-state index is 0.935. The fourth-order valence-corrected chi connectivity index (χ4v) is 2.75. The number of nitrogens with one attached hydrogen (secondary N) is 1. The maximum Gasteiger partial charge on any atom is 0.0199 e. The van der Waals surface area contributed by atoms with Crippen molar-refractivity contribution in [2.75, 3.05) is 33.2 Å². The van der Waals surface area contributed by atoms with Gasteiger partial charge in [-0.1, -0.05) is 32.8 Å². The molecule has 0 aliphatic heterocycles. The average Bonchev–Trinajstić information content (AvgIpc) is 2.30. The molecule has 0 heterocycles. The van der Waals surface area contributed by atoms with Crippen molar-refractivity contribution in [2.24, 2.45) is 5.92 Å². The van der Waals surface area contributed by atoms with Crippen LogP contribution in [0.15, 0.2) is 12.2 Å². The fourth-order valence-electron chi connectivity index (χ4n) is 2.75. The van der Waals surface area contributed by atoms with E-state index in [1.54, 1.807) is 0 Å². The first kappa shape index (κ1) is 14.7. The van der Waals surface area contributed by atoms with Crippen molar-refractivity contribution in [2.45, 2.75) is 45.4 Å². The quantitative estimate of drug-likeness (QED) is 0.516. The van der Waals surface area contributed by atoms with E-state index in [9.17, 15) is 0 Å². The minimum Gasteiger partial charge on any atom is -0.313 e. The van der Waals surface area contributed by atoms with E-state index in [0.717, 1.165) is 25.6 Å². The Balaban J connectivity index is 2.10. The standard InChI is InChI=1S/C15H30N2/c1-4-10-16-11-14(2)12-17(3)13-15-8-6-5-7-9-15/h15-16H,2,4-13H2,1,3H3. The van der Waals surface area contributed by atoms with Crippen LogP contribution in [0.2, 0.25) is 0 Å². The van der Waals surface area contributed by atoms with Crippen LogP contribution in [0.25, 0.3) is 0 Å². The smallest absolute Gasteiger partial charge is 0.0199 e. The van der Waals surface area contributed by atoms with Gasteiger partial charge in [0.25, 0.3) is 0 Å². The summed E-state index contributed by atoms with van der Waals surface area (Å²) in [5.41, 5.74) is 1.32. The number of nitrogens with zero attached hydrogens (tertiary/aromatic N) is 1.